The molecule has 1 aromatic heterocycles. The average Bonchev–Trinajstić information content (AvgIpc) is 3.47. The lowest BCUT2D eigenvalue weighted by atomic mass is 9.84. The zero-order valence-electron chi connectivity index (χ0n) is 23.2. The van der Waals surface area contributed by atoms with E-state index in [-0.39, 0.29) is 17.5 Å². The van der Waals surface area contributed by atoms with E-state index in [1.807, 2.05) is 61.0 Å². The van der Waals surface area contributed by atoms with Gasteiger partial charge in [-0.05, 0) is 86.7 Å². The first kappa shape index (κ1) is 27.6. The van der Waals surface area contributed by atoms with Crippen LogP contribution in [0.2, 0.25) is 0 Å². The zero-order valence-corrected chi connectivity index (χ0v) is 24.0. The number of anilines is 3. The number of amides is 1. The van der Waals surface area contributed by atoms with Crippen LogP contribution in [0.4, 0.5) is 16.5 Å². The Bertz CT molecular complexity index is 1450. The number of carboxylic acid groups (broad SMARTS) is 1. The van der Waals surface area contributed by atoms with Gasteiger partial charge < -0.3 is 14.9 Å². The maximum absolute atomic E-state index is 13.2. The Kier molecular flexibility index (Phi) is 8.31. The van der Waals surface area contributed by atoms with Gasteiger partial charge in [0.15, 0.2) is 5.13 Å². The molecule has 1 aliphatic rings. The van der Waals surface area contributed by atoms with E-state index in [2.05, 4.69) is 30.9 Å². The number of benzene rings is 3. The Hall–Kier alpha value is -3.97. The monoisotopic (exact) mass is 553 g/mol. The summed E-state index contributed by atoms with van der Waals surface area (Å²) in [5, 5.41) is 12.1. The van der Waals surface area contributed by atoms with Crippen LogP contribution in [0, 0.1) is 0 Å². The van der Waals surface area contributed by atoms with Gasteiger partial charge in [-0.2, -0.15) is 0 Å². The third kappa shape index (κ3) is 5.94. The summed E-state index contributed by atoms with van der Waals surface area (Å²) in [6.07, 6.45) is 6.42. The van der Waals surface area contributed by atoms with Crippen molar-refractivity contribution in [2.24, 2.45) is 0 Å². The number of aromatic nitrogens is 1. The molecule has 6 nitrogen and oxygen atoms in total. The second kappa shape index (κ2) is 12.0. The Morgan fingerprint density at radius 1 is 0.850 bits per heavy atom. The van der Waals surface area contributed by atoms with Crippen molar-refractivity contribution >= 4 is 39.7 Å². The van der Waals surface area contributed by atoms with Crippen LogP contribution < -0.4 is 9.80 Å². The fourth-order valence-electron chi connectivity index (χ4n) is 5.40. The van der Waals surface area contributed by atoms with Gasteiger partial charge in [0.25, 0.3) is 5.91 Å². The number of nitrogens with zero attached hydrogens (tertiary/aromatic N) is 3. The number of thiazole rings is 1. The number of aromatic carboxylic acids is 1. The Morgan fingerprint density at radius 2 is 1.45 bits per heavy atom. The second-order valence-electron chi connectivity index (χ2n) is 10.7. The molecule has 0 atom stereocenters. The minimum atomic E-state index is -0.942. The normalized spacial score (nSPS) is 13.8. The van der Waals surface area contributed by atoms with Gasteiger partial charge in [0.1, 0.15) is 0 Å². The molecule has 1 aliphatic carbocycles. The lowest BCUT2D eigenvalue weighted by molar-refractivity contribution is 0.0696. The molecule has 206 valence electrons. The summed E-state index contributed by atoms with van der Waals surface area (Å²) < 4.78 is 0. The topological polar surface area (TPSA) is 73.7 Å². The third-order valence-electron chi connectivity index (χ3n) is 7.70. The maximum Gasteiger partial charge on any atom is 0.335 e. The molecule has 0 spiro atoms. The highest BCUT2D eigenvalue weighted by Crippen LogP contribution is 2.35. The molecule has 0 bridgehead atoms. The van der Waals surface area contributed by atoms with Crippen LogP contribution in [-0.2, 0) is 0 Å². The number of hydrogen-bond donors (Lipinski definition) is 1. The fraction of sp³-hybridized carbons (Fsp3) is 0.303. The molecule has 5 rings (SSSR count). The van der Waals surface area contributed by atoms with Crippen molar-refractivity contribution in [2.45, 2.75) is 57.9 Å². The molecule has 0 saturated heterocycles. The lowest BCUT2D eigenvalue weighted by Gasteiger charge is -2.26. The van der Waals surface area contributed by atoms with Crippen LogP contribution in [0.1, 0.15) is 78.1 Å². The predicted octanol–water partition coefficient (Wildman–Crippen LogP) is 8.38. The van der Waals surface area contributed by atoms with Gasteiger partial charge in [0.05, 0.1) is 11.3 Å². The number of carbonyl (C=O) groups excluding carboxylic acids is 1. The van der Waals surface area contributed by atoms with Crippen LogP contribution in [0.3, 0.4) is 0 Å². The molecule has 7 heteroatoms. The van der Waals surface area contributed by atoms with E-state index >= 15 is 0 Å². The maximum atomic E-state index is 13.2. The van der Waals surface area contributed by atoms with E-state index in [1.165, 1.54) is 37.7 Å². The van der Waals surface area contributed by atoms with Crippen molar-refractivity contribution in [1.82, 2.24) is 4.98 Å². The first-order valence-electron chi connectivity index (χ1n) is 13.9. The van der Waals surface area contributed by atoms with E-state index in [9.17, 15) is 14.7 Å². The average molecular weight is 554 g/mol. The summed E-state index contributed by atoms with van der Waals surface area (Å²) in [4.78, 5) is 33.1. The third-order valence-corrected chi connectivity index (χ3v) is 8.54. The molecule has 1 amide bonds. The molecule has 0 radical (unpaired) electrons. The highest BCUT2D eigenvalue weighted by atomic mass is 32.1. The summed E-state index contributed by atoms with van der Waals surface area (Å²) >= 11 is 1.54. The Morgan fingerprint density at radius 3 is 2.05 bits per heavy atom. The summed E-state index contributed by atoms with van der Waals surface area (Å²) in [5.41, 5.74) is 5.83. The fourth-order valence-corrected chi connectivity index (χ4v) is 6.39. The highest BCUT2D eigenvalue weighted by molar-refractivity contribution is 7.14. The van der Waals surface area contributed by atoms with Gasteiger partial charge >= 0.3 is 5.97 Å². The number of carbonyl (C=O) groups is 2. The van der Waals surface area contributed by atoms with Crippen molar-refractivity contribution in [3.05, 3.63) is 94.9 Å². The van der Waals surface area contributed by atoms with Gasteiger partial charge in [0, 0.05) is 41.0 Å². The van der Waals surface area contributed by atoms with E-state index in [0.29, 0.717) is 11.5 Å². The number of carboxylic acids is 1. The smallest absolute Gasteiger partial charge is 0.335 e. The molecule has 1 heterocycles. The predicted molar refractivity (Wildman–Crippen MR) is 163 cm³/mol. The quantitative estimate of drug-likeness (QED) is 0.237. The Labute approximate surface area is 239 Å². The van der Waals surface area contributed by atoms with E-state index in [0.717, 1.165) is 27.8 Å². The van der Waals surface area contributed by atoms with Gasteiger partial charge in [-0.25, -0.2) is 9.78 Å². The van der Waals surface area contributed by atoms with E-state index in [1.54, 1.807) is 28.4 Å². The first-order chi connectivity index (χ1) is 19.3. The van der Waals surface area contributed by atoms with Crippen molar-refractivity contribution in [2.75, 3.05) is 16.8 Å². The van der Waals surface area contributed by atoms with E-state index < -0.39 is 5.97 Å². The second-order valence-corrected chi connectivity index (χ2v) is 11.5. The van der Waals surface area contributed by atoms with Crippen LogP contribution >= 0.6 is 11.3 Å². The van der Waals surface area contributed by atoms with Crippen molar-refractivity contribution in [3.8, 4) is 11.3 Å². The van der Waals surface area contributed by atoms with Gasteiger partial charge in [0.2, 0.25) is 0 Å². The SMILES string of the molecule is CC(C)N(c1ccc(C(=O)O)cc1)c1nc(-c2ccc(N(C)C(=O)c3ccc(C4CCCCC4)cc3)cc2)cs1. The zero-order chi connectivity index (χ0) is 28.2. The van der Waals surface area contributed by atoms with E-state index in [4.69, 9.17) is 4.98 Å². The minimum absolute atomic E-state index is 0.0274. The van der Waals surface area contributed by atoms with Gasteiger partial charge in [-0.1, -0.05) is 43.5 Å². The van der Waals surface area contributed by atoms with Crippen LogP contribution in [0.25, 0.3) is 11.3 Å². The van der Waals surface area contributed by atoms with Crippen molar-refractivity contribution in [1.29, 1.82) is 0 Å². The minimum Gasteiger partial charge on any atom is -0.478 e. The largest absolute Gasteiger partial charge is 0.478 e. The molecule has 40 heavy (non-hydrogen) atoms. The van der Waals surface area contributed by atoms with Crippen molar-refractivity contribution in [3.63, 3.8) is 0 Å². The molecular formula is C33H35N3O3S. The molecule has 0 unspecified atom stereocenters. The van der Waals surface area contributed by atoms with Crippen LogP contribution in [0.5, 0.6) is 0 Å². The number of hydrogen-bond acceptors (Lipinski definition) is 5. The van der Waals surface area contributed by atoms with Gasteiger partial charge in [-0.3, -0.25) is 4.79 Å². The highest BCUT2D eigenvalue weighted by Gasteiger charge is 2.20. The standard InChI is InChI=1S/C33H35N3O3S/c1-22(2)36(29-19-15-27(16-20-29)32(38)39)33-34-30(21-40-33)25-13-17-28(18-14-25)35(3)31(37)26-11-9-24(10-12-26)23-7-5-4-6-8-23/h9-23H,4-8H2,1-3H3,(H,38,39). The summed E-state index contributed by atoms with van der Waals surface area (Å²) in [7, 11) is 1.81. The first-order valence-corrected chi connectivity index (χ1v) is 14.8. The molecule has 0 aliphatic heterocycles. The molecule has 1 N–H and O–H groups in total. The molecule has 1 fully saturated rings. The molecule has 3 aromatic carbocycles. The summed E-state index contributed by atoms with van der Waals surface area (Å²) in [6, 6.07) is 23.1. The molecule has 1 saturated carbocycles. The molecular weight excluding hydrogens is 518 g/mol. The van der Waals surface area contributed by atoms with Crippen molar-refractivity contribution < 1.29 is 14.7 Å². The summed E-state index contributed by atoms with van der Waals surface area (Å²) in [6.45, 7) is 4.16. The molecule has 4 aromatic rings. The Balaban J connectivity index is 1.28. The lowest BCUT2D eigenvalue weighted by Crippen LogP contribution is -2.26. The summed E-state index contributed by atoms with van der Waals surface area (Å²) in [5.74, 6) is -0.345. The van der Waals surface area contributed by atoms with Crippen LogP contribution in [-0.4, -0.2) is 35.1 Å². The van der Waals surface area contributed by atoms with Crippen LogP contribution in [0.15, 0.2) is 78.2 Å². The van der Waals surface area contributed by atoms with Gasteiger partial charge in [-0.15, -0.1) is 11.3 Å². The number of rotatable bonds is 8.